The van der Waals surface area contributed by atoms with Crippen LogP contribution < -0.4 is 0 Å². The summed E-state index contributed by atoms with van der Waals surface area (Å²) in [4.78, 5) is 16.4. The van der Waals surface area contributed by atoms with Gasteiger partial charge in [0.1, 0.15) is 0 Å². The van der Waals surface area contributed by atoms with E-state index in [-0.39, 0.29) is 6.04 Å². The maximum absolute atomic E-state index is 5.01. The van der Waals surface area contributed by atoms with Crippen LogP contribution in [0.3, 0.4) is 0 Å². The number of para-hydroxylation sites is 2. The lowest BCUT2D eigenvalue weighted by Gasteiger charge is -2.21. The summed E-state index contributed by atoms with van der Waals surface area (Å²) in [5.74, 6) is 2.00. The monoisotopic (exact) mass is 764 g/mol. The van der Waals surface area contributed by atoms with Gasteiger partial charge in [-0.3, -0.25) is 0 Å². The summed E-state index contributed by atoms with van der Waals surface area (Å²) in [6.45, 7) is 0. The normalized spacial score (nSPS) is 14.0. The third-order valence-electron chi connectivity index (χ3n) is 11.4. The van der Waals surface area contributed by atoms with Crippen LogP contribution in [0.25, 0.3) is 103 Å². The molecule has 1 aliphatic carbocycles. The number of hydrogen-bond donors (Lipinski definition) is 0. The molecule has 1 aliphatic rings. The summed E-state index contributed by atoms with van der Waals surface area (Å²) in [7, 11) is 0. The van der Waals surface area contributed by atoms with E-state index >= 15 is 0 Å². The Morgan fingerprint density at radius 2 is 1.07 bits per heavy atom. The molecule has 12 rings (SSSR count). The molecular formula is C51H32N4S2. The number of fused-ring (bicyclic) bond motifs is 9. The van der Waals surface area contributed by atoms with Crippen LogP contribution in [0.5, 0.6) is 0 Å². The van der Waals surface area contributed by atoms with Crippen LogP contribution >= 0.6 is 22.7 Å². The Labute approximate surface area is 336 Å². The van der Waals surface area contributed by atoms with Gasteiger partial charge in [-0.15, -0.1) is 22.7 Å². The molecule has 57 heavy (non-hydrogen) atoms. The second kappa shape index (κ2) is 12.9. The minimum Gasteiger partial charge on any atom is -0.333 e. The summed E-state index contributed by atoms with van der Waals surface area (Å²) < 4.78 is 6.42. The van der Waals surface area contributed by atoms with Crippen LogP contribution in [0.15, 0.2) is 170 Å². The minimum atomic E-state index is 0.263. The number of allylic oxidation sites excluding steroid dienone is 1. The number of nitrogens with zero attached hydrogens (tertiary/aromatic N) is 4. The second-order valence-electron chi connectivity index (χ2n) is 14.7. The smallest absolute Gasteiger partial charge is 0.164 e. The van der Waals surface area contributed by atoms with Crippen LogP contribution in [0.1, 0.15) is 16.5 Å². The minimum absolute atomic E-state index is 0.263. The summed E-state index contributed by atoms with van der Waals surface area (Å²) in [5.41, 5.74) is 9.38. The van der Waals surface area contributed by atoms with E-state index in [1.54, 1.807) is 0 Å². The number of thiophene rings is 2. The first kappa shape index (κ1) is 32.5. The van der Waals surface area contributed by atoms with E-state index < -0.39 is 0 Å². The predicted molar refractivity (Wildman–Crippen MR) is 241 cm³/mol. The summed E-state index contributed by atoms with van der Waals surface area (Å²) in [6, 6.07) is 58.6. The van der Waals surface area contributed by atoms with Gasteiger partial charge in [0.2, 0.25) is 0 Å². The zero-order chi connectivity index (χ0) is 37.5. The van der Waals surface area contributed by atoms with E-state index in [0.717, 1.165) is 23.1 Å². The molecule has 1 atom stereocenters. The average Bonchev–Trinajstić information content (AvgIpc) is 3.95. The number of benzene rings is 7. The quantitative estimate of drug-likeness (QED) is 0.175. The van der Waals surface area contributed by atoms with E-state index in [1.807, 2.05) is 83.3 Å². The fraction of sp³-hybridized carbons (Fsp3) is 0.0392. The first-order chi connectivity index (χ1) is 28.2. The standard InChI is InChI=1S/C51H32N4S2/c1-3-12-31(13-4-1)49-52-50(32-14-5-2-6-15-32)54-51(53-49)34-23-27-45-42(28-34)41-19-11-18-36(48(41)57-45)33-22-25-39-40-26-24-35(30-47(40)56-46(39)29-33)55-43-20-9-7-16-37(43)38-17-8-10-21-44(38)55/h1-29,35H,30H2. The average molecular weight is 765 g/mol. The Morgan fingerprint density at radius 1 is 0.456 bits per heavy atom. The van der Waals surface area contributed by atoms with Gasteiger partial charge in [-0.05, 0) is 58.5 Å². The third-order valence-corrected chi connectivity index (χ3v) is 13.8. The van der Waals surface area contributed by atoms with E-state index in [4.69, 9.17) is 15.0 Å². The molecule has 0 fully saturated rings. The molecule has 0 saturated heterocycles. The summed E-state index contributed by atoms with van der Waals surface area (Å²) in [5, 5.41) is 6.44. The molecule has 7 aromatic carbocycles. The Morgan fingerprint density at radius 3 is 1.77 bits per heavy atom. The molecule has 4 heterocycles. The van der Waals surface area contributed by atoms with Gasteiger partial charge in [0.05, 0.1) is 6.04 Å². The van der Waals surface area contributed by atoms with Crippen LogP contribution in [0.2, 0.25) is 0 Å². The first-order valence-corrected chi connectivity index (χ1v) is 20.9. The Hall–Kier alpha value is -6.73. The van der Waals surface area contributed by atoms with Gasteiger partial charge in [-0.25, -0.2) is 15.0 Å². The van der Waals surface area contributed by atoms with Crippen molar-refractivity contribution in [3.63, 3.8) is 0 Å². The van der Waals surface area contributed by atoms with Crippen molar-refractivity contribution in [1.82, 2.24) is 19.5 Å². The van der Waals surface area contributed by atoms with Crippen LogP contribution in [-0.4, -0.2) is 19.5 Å². The fourth-order valence-electron chi connectivity index (χ4n) is 8.72. The molecule has 0 aliphatic heterocycles. The van der Waals surface area contributed by atoms with Gasteiger partial charge in [-0.1, -0.05) is 140 Å². The van der Waals surface area contributed by atoms with Crippen molar-refractivity contribution in [2.24, 2.45) is 0 Å². The van der Waals surface area contributed by atoms with Crippen molar-refractivity contribution >= 4 is 80.8 Å². The largest absolute Gasteiger partial charge is 0.333 e. The highest BCUT2D eigenvalue weighted by atomic mass is 32.1. The van der Waals surface area contributed by atoms with Crippen LogP contribution in [-0.2, 0) is 6.42 Å². The SMILES string of the molecule is C1=CC(n2c3ccccc3c3ccccc32)Cc2sc3cc(-c4cccc5c4sc4ccc(-c6nc(-c7ccccc7)nc(-c7ccccc7)n6)cc45)ccc3c21. The molecule has 6 heteroatoms. The molecule has 11 aromatic rings. The maximum atomic E-state index is 5.01. The van der Waals surface area contributed by atoms with Gasteiger partial charge < -0.3 is 4.57 Å². The lowest BCUT2D eigenvalue weighted by Crippen LogP contribution is -2.11. The third kappa shape index (κ3) is 5.29. The highest BCUT2D eigenvalue weighted by molar-refractivity contribution is 7.26. The number of rotatable bonds is 5. The van der Waals surface area contributed by atoms with Crippen molar-refractivity contribution in [3.05, 3.63) is 180 Å². The topological polar surface area (TPSA) is 43.6 Å². The number of hydrogen-bond acceptors (Lipinski definition) is 5. The lowest BCUT2D eigenvalue weighted by atomic mass is 9.97. The molecule has 0 saturated carbocycles. The molecule has 4 aromatic heterocycles. The Kier molecular flexibility index (Phi) is 7.37. The molecule has 0 spiro atoms. The Bertz CT molecular complexity index is 3280. The number of aromatic nitrogens is 4. The van der Waals surface area contributed by atoms with E-state index in [0.29, 0.717) is 17.5 Å². The zero-order valence-corrected chi connectivity index (χ0v) is 32.3. The molecule has 1 unspecified atom stereocenters. The molecule has 4 nitrogen and oxygen atoms in total. The van der Waals surface area contributed by atoms with Gasteiger partial charge in [0.15, 0.2) is 17.5 Å². The van der Waals surface area contributed by atoms with Gasteiger partial charge in [-0.2, -0.15) is 0 Å². The van der Waals surface area contributed by atoms with Crippen LogP contribution in [0.4, 0.5) is 0 Å². The first-order valence-electron chi connectivity index (χ1n) is 19.3. The highest BCUT2D eigenvalue weighted by Gasteiger charge is 2.24. The summed E-state index contributed by atoms with van der Waals surface area (Å²) >= 11 is 3.81. The summed E-state index contributed by atoms with van der Waals surface area (Å²) in [6.07, 6.45) is 5.77. The second-order valence-corrected chi connectivity index (χ2v) is 16.9. The molecular weight excluding hydrogens is 733 g/mol. The van der Waals surface area contributed by atoms with Crippen LogP contribution in [0, 0.1) is 0 Å². The van der Waals surface area contributed by atoms with Gasteiger partial charge >= 0.3 is 0 Å². The molecule has 0 bridgehead atoms. The van der Waals surface area contributed by atoms with Crippen molar-refractivity contribution in [1.29, 1.82) is 0 Å². The molecule has 0 N–H and O–H groups in total. The van der Waals surface area contributed by atoms with Crippen molar-refractivity contribution in [3.8, 4) is 45.3 Å². The maximum Gasteiger partial charge on any atom is 0.164 e. The zero-order valence-electron chi connectivity index (χ0n) is 30.6. The van der Waals surface area contributed by atoms with Gasteiger partial charge in [0.25, 0.3) is 0 Å². The lowest BCUT2D eigenvalue weighted by molar-refractivity contribution is 0.642. The van der Waals surface area contributed by atoms with E-state index in [2.05, 4.69) is 120 Å². The predicted octanol–water partition coefficient (Wildman–Crippen LogP) is 14.0. The van der Waals surface area contributed by atoms with Crippen molar-refractivity contribution in [2.75, 3.05) is 0 Å². The fourth-order valence-corrected chi connectivity index (χ4v) is 11.2. The van der Waals surface area contributed by atoms with Crippen molar-refractivity contribution < 1.29 is 0 Å². The van der Waals surface area contributed by atoms with Crippen molar-refractivity contribution in [2.45, 2.75) is 12.5 Å². The highest BCUT2D eigenvalue weighted by Crippen LogP contribution is 2.45. The molecule has 0 radical (unpaired) electrons. The Balaban J connectivity index is 0.924. The molecule has 268 valence electrons. The van der Waals surface area contributed by atoms with E-state index in [1.165, 1.54) is 73.6 Å². The molecule has 0 amide bonds. The van der Waals surface area contributed by atoms with E-state index in [9.17, 15) is 0 Å². The van der Waals surface area contributed by atoms with Gasteiger partial charge in [0, 0.05) is 74.7 Å².